The summed E-state index contributed by atoms with van der Waals surface area (Å²) in [4.78, 5) is 11.8. The fourth-order valence-corrected chi connectivity index (χ4v) is 1.94. The highest BCUT2D eigenvalue weighted by Gasteiger charge is 2.13. The number of hydrogen-bond donors (Lipinski definition) is 2. The van der Waals surface area contributed by atoms with Gasteiger partial charge in [-0.15, -0.1) is 0 Å². The second-order valence-corrected chi connectivity index (χ2v) is 4.43. The van der Waals surface area contributed by atoms with Crippen molar-refractivity contribution in [3.63, 3.8) is 0 Å². The zero-order valence-corrected chi connectivity index (χ0v) is 11.7. The van der Waals surface area contributed by atoms with Gasteiger partial charge in [-0.25, -0.2) is 9.18 Å². The standard InChI is InChI=1S/C16H17FN2O2/c1-2-21-16(20)12-7-5-9-14(15(12)18)19-10-11-6-3-4-8-13(11)17/h3-9,19H,2,10,18H2,1H3. The van der Waals surface area contributed by atoms with Crippen LogP contribution in [0.1, 0.15) is 22.8 Å². The molecular formula is C16H17FN2O2. The fraction of sp³-hybridized carbons (Fsp3) is 0.188. The van der Waals surface area contributed by atoms with Gasteiger partial charge in [-0.3, -0.25) is 0 Å². The monoisotopic (exact) mass is 288 g/mol. The first kappa shape index (κ1) is 14.8. The van der Waals surface area contributed by atoms with Gasteiger partial charge in [0.1, 0.15) is 5.82 Å². The zero-order chi connectivity index (χ0) is 15.2. The van der Waals surface area contributed by atoms with Crippen LogP contribution < -0.4 is 11.1 Å². The van der Waals surface area contributed by atoms with Gasteiger partial charge in [-0.1, -0.05) is 24.3 Å². The van der Waals surface area contributed by atoms with Gasteiger partial charge in [0.2, 0.25) is 0 Å². The summed E-state index contributed by atoms with van der Waals surface area (Å²) in [6, 6.07) is 11.5. The fourth-order valence-electron chi connectivity index (χ4n) is 1.94. The topological polar surface area (TPSA) is 64.3 Å². The lowest BCUT2D eigenvalue weighted by Gasteiger charge is -2.12. The Morgan fingerprint density at radius 2 is 2.00 bits per heavy atom. The van der Waals surface area contributed by atoms with E-state index in [0.29, 0.717) is 22.5 Å². The van der Waals surface area contributed by atoms with Crippen LogP contribution in [0, 0.1) is 5.82 Å². The van der Waals surface area contributed by atoms with Crippen LogP contribution in [0.3, 0.4) is 0 Å². The van der Waals surface area contributed by atoms with E-state index in [0.717, 1.165) is 0 Å². The molecule has 0 aliphatic heterocycles. The van der Waals surface area contributed by atoms with Crippen molar-refractivity contribution >= 4 is 17.3 Å². The van der Waals surface area contributed by atoms with Crippen molar-refractivity contribution in [3.05, 3.63) is 59.4 Å². The lowest BCUT2D eigenvalue weighted by Crippen LogP contribution is -2.11. The average molecular weight is 288 g/mol. The molecule has 110 valence electrons. The Balaban J connectivity index is 2.16. The Morgan fingerprint density at radius 1 is 1.24 bits per heavy atom. The maximum Gasteiger partial charge on any atom is 0.340 e. The molecule has 2 rings (SSSR count). The van der Waals surface area contributed by atoms with E-state index in [-0.39, 0.29) is 19.0 Å². The molecule has 5 heteroatoms. The number of para-hydroxylation sites is 1. The number of anilines is 2. The number of rotatable bonds is 5. The van der Waals surface area contributed by atoms with E-state index in [2.05, 4.69) is 5.32 Å². The van der Waals surface area contributed by atoms with Gasteiger partial charge in [0.05, 0.1) is 23.5 Å². The summed E-state index contributed by atoms with van der Waals surface area (Å²) in [6.45, 7) is 2.29. The predicted molar refractivity (Wildman–Crippen MR) is 80.5 cm³/mol. The highest BCUT2D eigenvalue weighted by atomic mass is 19.1. The van der Waals surface area contributed by atoms with E-state index in [4.69, 9.17) is 10.5 Å². The average Bonchev–Trinajstić information content (AvgIpc) is 2.48. The summed E-state index contributed by atoms with van der Waals surface area (Å²) >= 11 is 0. The molecule has 0 atom stereocenters. The molecule has 0 saturated heterocycles. The van der Waals surface area contributed by atoms with E-state index in [1.807, 2.05) is 0 Å². The first-order valence-electron chi connectivity index (χ1n) is 6.66. The van der Waals surface area contributed by atoms with Crippen molar-refractivity contribution in [1.29, 1.82) is 0 Å². The Kier molecular flexibility index (Phi) is 4.77. The number of esters is 1. The first-order valence-corrected chi connectivity index (χ1v) is 6.66. The highest BCUT2D eigenvalue weighted by molar-refractivity contribution is 5.98. The van der Waals surface area contributed by atoms with Gasteiger partial charge in [0.15, 0.2) is 0 Å². The van der Waals surface area contributed by atoms with Crippen LogP contribution in [0.4, 0.5) is 15.8 Å². The molecule has 0 aromatic heterocycles. The van der Waals surface area contributed by atoms with Crippen molar-refractivity contribution in [2.24, 2.45) is 0 Å². The maximum atomic E-state index is 13.6. The van der Waals surface area contributed by atoms with Crippen LogP contribution >= 0.6 is 0 Å². The Morgan fingerprint density at radius 3 is 2.71 bits per heavy atom. The van der Waals surface area contributed by atoms with E-state index >= 15 is 0 Å². The lowest BCUT2D eigenvalue weighted by atomic mass is 10.1. The summed E-state index contributed by atoms with van der Waals surface area (Å²) in [6.07, 6.45) is 0. The van der Waals surface area contributed by atoms with Crippen molar-refractivity contribution in [2.45, 2.75) is 13.5 Å². The molecule has 2 aromatic carbocycles. The quantitative estimate of drug-likeness (QED) is 0.655. The van der Waals surface area contributed by atoms with Crippen LogP contribution in [0.5, 0.6) is 0 Å². The smallest absolute Gasteiger partial charge is 0.340 e. The van der Waals surface area contributed by atoms with Crippen LogP contribution in [-0.4, -0.2) is 12.6 Å². The maximum absolute atomic E-state index is 13.6. The normalized spacial score (nSPS) is 10.2. The van der Waals surface area contributed by atoms with Crippen LogP contribution in [-0.2, 0) is 11.3 Å². The first-order chi connectivity index (χ1) is 10.1. The van der Waals surface area contributed by atoms with Gasteiger partial charge < -0.3 is 15.8 Å². The molecule has 0 saturated carbocycles. The van der Waals surface area contributed by atoms with Gasteiger partial charge in [-0.05, 0) is 25.1 Å². The number of hydrogen-bond acceptors (Lipinski definition) is 4. The van der Waals surface area contributed by atoms with Gasteiger partial charge >= 0.3 is 5.97 Å². The van der Waals surface area contributed by atoms with Crippen LogP contribution in [0.15, 0.2) is 42.5 Å². The molecule has 2 aromatic rings. The summed E-state index contributed by atoms with van der Waals surface area (Å²) in [5.74, 6) is -0.755. The number of carbonyl (C=O) groups excluding carboxylic acids is 1. The molecule has 0 amide bonds. The van der Waals surface area contributed by atoms with Crippen LogP contribution in [0.2, 0.25) is 0 Å². The zero-order valence-electron chi connectivity index (χ0n) is 11.7. The number of nitrogens with two attached hydrogens (primary N) is 1. The molecular weight excluding hydrogens is 271 g/mol. The van der Waals surface area contributed by atoms with Crippen molar-refractivity contribution < 1.29 is 13.9 Å². The minimum atomic E-state index is -0.468. The number of nitrogens with one attached hydrogen (secondary N) is 1. The predicted octanol–water partition coefficient (Wildman–Crippen LogP) is 3.20. The van der Waals surface area contributed by atoms with Crippen molar-refractivity contribution in [2.75, 3.05) is 17.7 Å². The summed E-state index contributed by atoms with van der Waals surface area (Å²) in [5, 5.41) is 3.03. The highest BCUT2D eigenvalue weighted by Crippen LogP contribution is 2.24. The number of carbonyl (C=O) groups is 1. The molecule has 0 unspecified atom stereocenters. The Labute approximate surface area is 122 Å². The molecule has 0 bridgehead atoms. The minimum absolute atomic E-state index is 0.281. The second kappa shape index (κ2) is 6.74. The number of benzene rings is 2. The van der Waals surface area contributed by atoms with Gasteiger partial charge in [-0.2, -0.15) is 0 Å². The Bertz CT molecular complexity index is 644. The Hall–Kier alpha value is -2.56. The minimum Gasteiger partial charge on any atom is -0.462 e. The third kappa shape index (κ3) is 3.51. The number of halogens is 1. The largest absolute Gasteiger partial charge is 0.462 e. The lowest BCUT2D eigenvalue weighted by molar-refractivity contribution is 0.0527. The molecule has 0 aliphatic carbocycles. The van der Waals surface area contributed by atoms with E-state index in [9.17, 15) is 9.18 Å². The van der Waals surface area contributed by atoms with E-state index < -0.39 is 5.97 Å². The van der Waals surface area contributed by atoms with Gasteiger partial charge in [0, 0.05) is 12.1 Å². The summed E-state index contributed by atoms with van der Waals surface area (Å²) in [5.41, 5.74) is 7.66. The summed E-state index contributed by atoms with van der Waals surface area (Å²) < 4.78 is 18.5. The molecule has 0 spiro atoms. The molecule has 0 fully saturated rings. The van der Waals surface area contributed by atoms with Crippen LogP contribution in [0.25, 0.3) is 0 Å². The van der Waals surface area contributed by atoms with Crippen molar-refractivity contribution in [3.8, 4) is 0 Å². The number of ether oxygens (including phenoxy) is 1. The molecule has 3 N–H and O–H groups in total. The molecule has 21 heavy (non-hydrogen) atoms. The third-order valence-electron chi connectivity index (χ3n) is 3.03. The number of nitrogen functional groups attached to an aromatic ring is 1. The molecule has 0 aliphatic rings. The van der Waals surface area contributed by atoms with Crippen molar-refractivity contribution in [1.82, 2.24) is 0 Å². The molecule has 4 nitrogen and oxygen atoms in total. The molecule has 0 heterocycles. The summed E-state index contributed by atoms with van der Waals surface area (Å²) in [7, 11) is 0. The third-order valence-corrected chi connectivity index (χ3v) is 3.03. The molecule has 0 radical (unpaired) electrons. The van der Waals surface area contributed by atoms with Gasteiger partial charge in [0.25, 0.3) is 0 Å². The SMILES string of the molecule is CCOC(=O)c1cccc(NCc2ccccc2F)c1N. The second-order valence-electron chi connectivity index (χ2n) is 4.43. The van der Waals surface area contributed by atoms with E-state index in [1.54, 1.807) is 43.3 Å². The van der Waals surface area contributed by atoms with E-state index in [1.165, 1.54) is 6.07 Å².